The average Bonchev–Trinajstić information content (AvgIpc) is 2.32. The van der Waals surface area contributed by atoms with Gasteiger partial charge in [0.25, 0.3) is 0 Å². The molecule has 1 heterocycles. The number of hydrogen-bond donors (Lipinski definition) is 1. The van der Waals surface area contributed by atoms with Crippen LogP contribution in [0.3, 0.4) is 0 Å². The summed E-state index contributed by atoms with van der Waals surface area (Å²) < 4.78 is 12.9. The smallest absolute Gasteiger partial charge is 0.141 e. The summed E-state index contributed by atoms with van der Waals surface area (Å²) in [5.74, 6) is -0.340. The van der Waals surface area contributed by atoms with Crippen LogP contribution in [0.25, 0.3) is 0 Å². The van der Waals surface area contributed by atoms with Crippen molar-refractivity contribution in [2.45, 2.75) is 6.42 Å². The monoisotopic (exact) mass is 242 g/mol. The summed E-state index contributed by atoms with van der Waals surface area (Å²) in [5, 5.41) is 3.54. The number of piperazine rings is 1. The topological polar surface area (TPSA) is 15.3 Å². The maximum Gasteiger partial charge on any atom is 0.141 e. The lowest BCUT2D eigenvalue weighted by atomic mass is 10.1. The molecule has 0 radical (unpaired) electrons. The molecule has 1 fully saturated rings. The maximum atomic E-state index is 12.9. The van der Waals surface area contributed by atoms with Crippen LogP contribution in [0.5, 0.6) is 0 Å². The minimum absolute atomic E-state index is 0.220. The van der Waals surface area contributed by atoms with E-state index in [9.17, 15) is 4.39 Å². The van der Waals surface area contributed by atoms with Gasteiger partial charge in [-0.2, -0.15) is 0 Å². The number of hydrogen-bond acceptors (Lipinski definition) is 2. The van der Waals surface area contributed by atoms with Crippen molar-refractivity contribution < 1.29 is 4.39 Å². The van der Waals surface area contributed by atoms with Crippen molar-refractivity contribution in [1.29, 1.82) is 0 Å². The molecule has 1 N–H and O–H groups in total. The molecule has 1 aliphatic heterocycles. The fourth-order valence-corrected chi connectivity index (χ4v) is 2.12. The molecule has 0 spiro atoms. The SMILES string of the molecule is Fc1ccc(CCN2CCNCC2)cc1Cl. The summed E-state index contributed by atoms with van der Waals surface area (Å²) in [4.78, 5) is 2.41. The lowest BCUT2D eigenvalue weighted by molar-refractivity contribution is 0.244. The summed E-state index contributed by atoms with van der Waals surface area (Å²) in [7, 11) is 0. The first-order valence-electron chi connectivity index (χ1n) is 5.63. The van der Waals surface area contributed by atoms with Crippen LogP contribution in [0.2, 0.25) is 5.02 Å². The summed E-state index contributed by atoms with van der Waals surface area (Å²) >= 11 is 5.74. The highest BCUT2D eigenvalue weighted by Gasteiger charge is 2.09. The molecule has 88 valence electrons. The highest BCUT2D eigenvalue weighted by atomic mass is 35.5. The number of benzene rings is 1. The molecule has 16 heavy (non-hydrogen) atoms. The average molecular weight is 243 g/mol. The summed E-state index contributed by atoms with van der Waals surface area (Å²) in [6.07, 6.45) is 0.931. The van der Waals surface area contributed by atoms with Crippen molar-refractivity contribution in [3.63, 3.8) is 0 Å². The fourth-order valence-electron chi connectivity index (χ4n) is 1.92. The van der Waals surface area contributed by atoms with Crippen molar-refractivity contribution in [2.75, 3.05) is 32.7 Å². The second kappa shape index (κ2) is 5.62. The van der Waals surface area contributed by atoms with Gasteiger partial charge in [0.05, 0.1) is 5.02 Å². The largest absolute Gasteiger partial charge is 0.314 e. The van der Waals surface area contributed by atoms with E-state index in [1.807, 2.05) is 6.07 Å². The lowest BCUT2D eigenvalue weighted by Crippen LogP contribution is -2.44. The van der Waals surface area contributed by atoms with Crippen molar-refractivity contribution in [1.82, 2.24) is 10.2 Å². The summed E-state index contributed by atoms with van der Waals surface area (Å²) in [6, 6.07) is 4.97. The Labute approximate surface area is 100 Å². The highest BCUT2D eigenvalue weighted by molar-refractivity contribution is 6.30. The molecule has 2 rings (SSSR count). The Bertz CT molecular complexity index is 351. The Hall–Kier alpha value is -0.640. The van der Waals surface area contributed by atoms with Crippen molar-refractivity contribution in [3.05, 3.63) is 34.6 Å². The standard InChI is InChI=1S/C12H16ClFN2/c13-11-9-10(1-2-12(11)14)3-6-16-7-4-15-5-8-16/h1-2,9,15H,3-8H2. The van der Waals surface area contributed by atoms with Gasteiger partial charge in [-0.15, -0.1) is 0 Å². The predicted molar refractivity (Wildman–Crippen MR) is 64.4 cm³/mol. The maximum absolute atomic E-state index is 12.9. The number of nitrogens with zero attached hydrogens (tertiary/aromatic N) is 1. The molecular weight excluding hydrogens is 227 g/mol. The van der Waals surface area contributed by atoms with Crippen LogP contribution in [0.15, 0.2) is 18.2 Å². The number of halogens is 2. The predicted octanol–water partition coefficient (Wildman–Crippen LogP) is 1.93. The van der Waals surface area contributed by atoms with Crippen LogP contribution >= 0.6 is 11.6 Å². The van der Waals surface area contributed by atoms with E-state index in [2.05, 4.69) is 10.2 Å². The Kier molecular flexibility index (Phi) is 4.16. The third kappa shape index (κ3) is 3.17. The van der Waals surface area contributed by atoms with Gasteiger partial charge in [-0.25, -0.2) is 4.39 Å². The first-order chi connectivity index (χ1) is 7.75. The van der Waals surface area contributed by atoms with E-state index >= 15 is 0 Å². The second-order valence-corrected chi connectivity index (χ2v) is 4.50. The quantitative estimate of drug-likeness (QED) is 0.872. The normalized spacial score (nSPS) is 17.6. The van der Waals surface area contributed by atoms with E-state index in [-0.39, 0.29) is 10.8 Å². The van der Waals surface area contributed by atoms with Gasteiger partial charge in [0, 0.05) is 32.7 Å². The molecule has 1 aliphatic rings. The molecule has 2 nitrogen and oxygen atoms in total. The van der Waals surface area contributed by atoms with Crippen LogP contribution in [0, 0.1) is 5.82 Å². The molecule has 0 saturated carbocycles. The van der Waals surface area contributed by atoms with Crippen LogP contribution in [0.4, 0.5) is 4.39 Å². The molecule has 0 bridgehead atoms. The zero-order valence-corrected chi connectivity index (χ0v) is 9.93. The third-order valence-corrected chi connectivity index (χ3v) is 3.20. The van der Waals surface area contributed by atoms with Gasteiger partial charge in [-0.3, -0.25) is 0 Å². The molecule has 0 amide bonds. The second-order valence-electron chi connectivity index (χ2n) is 4.09. The molecule has 0 aromatic heterocycles. The van der Waals surface area contributed by atoms with Crippen molar-refractivity contribution >= 4 is 11.6 Å². The van der Waals surface area contributed by atoms with Gasteiger partial charge >= 0.3 is 0 Å². The Morgan fingerprint density at radius 1 is 1.31 bits per heavy atom. The molecular formula is C12H16ClFN2. The Morgan fingerprint density at radius 3 is 2.75 bits per heavy atom. The third-order valence-electron chi connectivity index (χ3n) is 2.91. The van der Waals surface area contributed by atoms with Gasteiger partial charge in [-0.1, -0.05) is 17.7 Å². The van der Waals surface area contributed by atoms with E-state index in [4.69, 9.17) is 11.6 Å². The highest BCUT2D eigenvalue weighted by Crippen LogP contribution is 2.16. The van der Waals surface area contributed by atoms with E-state index in [0.29, 0.717) is 0 Å². The van der Waals surface area contributed by atoms with Crippen LogP contribution in [-0.2, 0) is 6.42 Å². The molecule has 1 aromatic rings. The van der Waals surface area contributed by atoms with Crippen LogP contribution < -0.4 is 5.32 Å². The van der Waals surface area contributed by atoms with Crippen LogP contribution in [0.1, 0.15) is 5.56 Å². The van der Waals surface area contributed by atoms with Gasteiger partial charge in [-0.05, 0) is 24.1 Å². The van der Waals surface area contributed by atoms with Gasteiger partial charge in [0.2, 0.25) is 0 Å². The zero-order chi connectivity index (χ0) is 11.4. The summed E-state index contributed by atoms with van der Waals surface area (Å²) in [5.41, 5.74) is 1.10. The van der Waals surface area contributed by atoms with E-state index < -0.39 is 0 Å². The molecule has 1 saturated heterocycles. The number of rotatable bonds is 3. The molecule has 0 unspecified atom stereocenters. The van der Waals surface area contributed by atoms with Gasteiger partial charge in [0.1, 0.15) is 5.82 Å². The first-order valence-corrected chi connectivity index (χ1v) is 6.00. The Balaban J connectivity index is 1.86. The van der Waals surface area contributed by atoms with E-state index in [1.54, 1.807) is 6.07 Å². The van der Waals surface area contributed by atoms with E-state index in [1.165, 1.54) is 6.07 Å². The number of nitrogens with one attached hydrogen (secondary N) is 1. The lowest BCUT2D eigenvalue weighted by Gasteiger charge is -2.27. The first kappa shape index (κ1) is 11.8. The molecule has 1 aromatic carbocycles. The van der Waals surface area contributed by atoms with Crippen molar-refractivity contribution in [3.8, 4) is 0 Å². The minimum atomic E-state index is -0.340. The minimum Gasteiger partial charge on any atom is -0.314 e. The van der Waals surface area contributed by atoms with E-state index in [0.717, 1.165) is 44.7 Å². The van der Waals surface area contributed by atoms with Crippen LogP contribution in [-0.4, -0.2) is 37.6 Å². The van der Waals surface area contributed by atoms with Gasteiger partial charge < -0.3 is 10.2 Å². The molecule has 0 aliphatic carbocycles. The zero-order valence-electron chi connectivity index (χ0n) is 9.18. The van der Waals surface area contributed by atoms with Gasteiger partial charge in [0.15, 0.2) is 0 Å². The van der Waals surface area contributed by atoms with Crippen molar-refractivity contribution in [2.24, 2.45) is 0 Å². The summed E-state index contributed by atoms with van der Waals surface area (Å²) in [6.45, 7) is 5.32. The fraction of sp³-hybridized carbons (Fsp3) is 0.500. The molecule has 4 heteroatoms. The molecule has 0 atom stereocenters. The Morgan fingerprint density at radius 2 is 2.06 bits per heavy atom.